The average Bonchev–Trinajstić information content (AvgIpc) is 2.76. The summed E-state index contributed by atoms with van der Waals surface area (Å²) >= 11 is 0. The number of halogens is 1. The molecule has 7 nitrogen and oxygen atoms in total. The van der Waals surface area contributed by atoms with E-state index >= 15 is 0 Å². The van der Waals surface area contributed by atoms with Crippen LogP contribution in [0.4, 0.5) is 0 Å². The van der Waals surface area contributed by atoms with Crippen LogP contribution in [-0.4, -0.2) is 42.7 Å². The zero-order valence-electron chi connectivity index (χ0n) is 19.0. The van der Waals surface area contributed by atoms with Gasteiger partial charge in [0.1, 0.15) is 5.75 Å². The third kappa shape index (κ3) is 10.8. The fourth-order valence-electron chi connectivity index (χ4n) is 2.84. The Kier molecular flexibility index (Phi) is 13.4. The maximum Gasteiger partial charge on any atom is 0.222 e. The van der Waals surface area contributed by atoms with Crippen molar-refractivity contribution in [1.29, 1.82) is 0 Å². The molecule has 0 aromatic heterocycles. The van der Waals surface area contributed by atoms with Crippen LogP contribution in [0.25, 0.3) is 0 Å². The molecule has 0 fully saturated rings. The number of hydrogen-bond acceptors (Lipinski definition) is 4. The molecular weight excluding hydrogens is 519 g/mol. The van der Waals surface area contributed by atoms with Gasteiger partial charge in [0, 0.05) is 26.1 Å². The SMILES string of the molecule is CCNC(=NCC(O)c1ccc(OC(C)C)cc1)NCCC(=O)NCc1ccccc1.I. The summed E-state index contributed by atoms with van der Waals surface area (Å²) in [4.78, 5) is 16.5. The zero-order valence-corrected chi connectivity index (χ0v) is 21.3. The Bertz CT molecular complexity index is 814. The van der Waals surface area contributed by atoms with Gasteiger partial charge in [-0.05, 0) is 44.0 Å². The first-order valence-corrected chi connectivity index (χ1v) is 10.8. The Labute approximate surface area is 208 Å². The van der Waals surface area contributed by atoms with E-state index in [0.29, 0.717) is 32.0 Å². The number of carbonyl (C=O) groups excluding carboxylic acids is 1. The highest BCUT2D eigenvalue weighted by molar-refractivity contribution is 14.0. The molecule has 1 amide bonds. The Hall–Kier alpha value is -2.33. The van der Waals surface area contributed by atoms with E-state index in [9.17, 15) is 9.90 Å². The summed E-state index contributed by atoms with van der Waals surface area (Å²) < 4.78 is 5.62. The molecule has 2 rings (SSSR count). The Morgan fingerprint density at radius 1 is 1.03 bits per heavy atom. The average molecular weight is 554 g/mol. The van der Waals surface area contributed by atoms with Gasteiger partial charge in [-0.2, -0.15) is 0 Å². The fraction of sp³-hybridized carbons (Fsp3) is 0.417. The Morgan fingerprint density at radius 3 is 2.34 bits per heavy atom. The predicted octanol–water partition coefficient (Wildman–Crippen LogP) is 3.39. The standard InChI is InChI=1S/C24H34N4O3.HI/c1-4-25-24(26-15-14-23(30)27-16-19-8-6-5-7-9-19)28-17-22(29)20-10-12-21(13-11-20)31-18(2)3;/h5-13,18,22,29H,4,14-17H2,1-3H3,(H,27,30)(H2,25,26,28);1H. The number of amides is 1. The van der Waals surface area contributed by atoms with Gasteiger partial charge in [0.15, 0.2) is 5.96 Å². The summed E-state index contributed by atoms with van der Waals surface area (Å²) in [6, 6.07) is 17.2. The molecule has 0 aliphatic heterocycles. The van der Waals surface area contributed by atoms with Crippen LogP contribution in [0.15, 0.2) is 59.6 Å². The lowest BCUT2D eigenvalue weighted by atomic mass is 10.1. The van der Waals surface area contributed by atoms with Crippen molar-refractivity contribution in [3.8, 4) is 5.75 Å². The second-order valence-electron chi connectivity index (χ2n) is 7.41. The summed E-state index contributed by atoms with van der Waals surface area (Å²) in [6.07, 6.45) is -0.288. The lowest BCUT2D eigenvalue weighted by Crippen LogP contribution is -2.39. The van der Waals surface area contributed by atoms with Crippen molar-refractivity contribution in [2.45, 2.75) is 45.9 Å². The lowest BCUT2D eigenvalue weighted by Gasteiger charge is -2.14. The molecule has 0 aliphatic carbocycles. The number of benzene rings is 2. The van der Waals surface area contributed by atoms with E-state index in [1.54, 1.807) is 0 Å². The predicted molar refractivity (Wildman–Crippen MR) is 139 cm³/mol. The maximum absolute atomic E-state index is 12.0. The van der Waals surface area contributed by atoms with Crippen molar-refractivity contribution >= 4 is 35.8 Å². The van der Waals surface area contributed by atoms with Gasteiger partial charge in [0.05, 0.1) is 18.8 Å². The number of hydrogen-bond donors (Lipinski definition) is 4. The maximum atomic E-state index is 12.0. The largest absolute Gasteiger partial charge is 0.491 e. The second-order valence-corrected chi connectivity index (χ2v) is 7.41. The van der Waals surface area contributed by atoms with E-state index < -0.39 is 6.10 Å². The molecule has 2 aromatic carbocycles. The van der Waals surface area contributed by atoms with E-state index in [1.165, 1.54) is 0 Å². The number of rotatable bonds is 11. The molecule has 176 valence electrons. The van der Waals surface area contributed by atoms with E-state index in [1.807, 2.05) is 75.4 Å². The van der Waals surface area contributed by atoms with Gasteiger partial charge in [-0.15, -0.1) is 24.0 Å². The number of aliphatic imine (C=N–C) groups is 1. The molecule has 0 bridgehead atoms. The summed E-state index contributed by atoms with van der Waals surface area (Å²) in [7, 11) is 0. The van der Waals surface area contributed by atoms with Crippen LogP contribution in [0.2, 0.25) is 0 Å². The molecule has 0 spiro atoms. The molecular formula is C24H35IN4O3. The summed E-state index contributed by atoms with van der Waals surface area (Å²) in [6.45, 7) is 7.76. The van der Waals surface area contributed by atoms with Gasteiger partial charge in [0.25, 0.3) is 0 Å². The summed E-state index contributed by atoms with van der Waals surface area (Å²) in [5.41, 5.74) is 1.84. The summed E-state index contributed by atoms with van der Waals surface area (Å²) in [5.74, 6) is 1.31. The van der Waals surface area contributed by atoms with Gasteiger partial charge in [-0.1, -0.05) is 42.5 Å². The smallest absolute Gasteiger partial charge is 0.222 e. The summed E-state index contributed by atoms with van der Waals surface area (Å²) in [5, 5.41) is 19.6. The molecule has 2 aromatic rings. The number of carbonyl (C=O) groups is 1. The minimum absolute atomic E-state index is 0. The van der Waals surface area contributed by atoms with E-state index in [0.717, 1.165) is 16.9 Å². The van der Waals surface area contributed by atoms with Crippen molar-refractivity contribution in [3.05, 3.63) is 65.7 Å². The molecule has 0 saturated heterocycles. The first kappa shape index (κ1) is 27.7. The van der Waals surface area contributed by atoms with Crippen LogP contribution < -0.4 is 20.7 Å². The highest BCUT2D eigenvalue weighted by Crippen LogP contribution is 2.19. The van der Waals surface area contributed by atoms with Crippen molar-refractivity contribution in [3.63, 3.8) is 0 Å². The first-order chi connectivity index (χ1) is 15.0. The van der Waals surface area contributed by atoms with Gasteiger partial charge in [0.2, 0.25) is 5.91 Å². The van der Waals surface area contributed by atoms with Gasteiger partial charge >= 0.3 is 0 Å². The van der Waals surface area contributed by atoms with Gasteiger partial charge in [-0.25, -0.2) is 0 Å². The third-order valence-electron chi connectivity index (χ3n) is 4.38. The molecule has 1 unspecified atom stereocenters. The molecule has 4 N–H and O–H groups in total. The molecule has 8 heteroatoms. The lowest BCUT2D eigenvalue weighted by molar-refractivity contribution is -0.121. The van der Waals surface area contributed by atoms with Crippen LogP contribution in [0.3, 0.4) is 0 Å². The second kappa shape index (κ2) is 15.5. The highest BCUT2D eigenvalue weighted by atomic mass is 127. The minimum atomic E-state index is -0.724. The van der Waals surface area contributed by atoms with E-state index in [4.69, 9.17) is 4.74 Å². The number of ether oxygens (including phenoxy) is 1. The number of aliphatic hydroxyl groups is 1. The number of guanidine groups is 1. The Morgan fingerprint density at radius 2 is 1.72 bits per heavy atom. The number of nitrogens with one attached hydrogen (secondary N) is 3. The molecule has 32 heavy (non-hydrogen) atoms. The molecule has 0 aliphatic rings. The van der Waals surface area contributed by atoms with E-state index in [2.05, 4.69) is 20.9 Å². The zero-order chi connectivity index (χ0) is 22.5. The quantitative estimate of drug-likeness (QED) is 0.194. The third-order valence-corrected chi connectivity index (χ3v) is 4.38. The highest BCUT2D eigenvalue weighted by Gasteiger charge is 2.09. The monoisotopic (exact) mass is 554 g/mol. The van der Waals surface area contributed by atoms with Crippen LogP contribution in [0.1, 0.15) is 44.4 Å². The molecule has 0 radical (unpaired) electrons. The van der Waals surface area contributed by atoms with Crippen molar-refractivity contribution in [2.75, 3.05) is 19.6 Å². The Balaban J connectivity index is 0.00000512. The van der Waals surface area contributed by atoms with Crippen LogP contribution in [0.5, 0.6) is 5.75 Å². The van der Waals surface area contributed by atoms with Gasteiger partial charge in [-0.3, -0.25) is 9.79 Å². The number of aliphatic hydroxyl groups excluding tert-OH is 1. The van der Waals surface area contributed by atoms with Crippen LogP contribution >= 0.6 is 24.0 Å². The molecule has 1 atom stereocenters. The van der Waals surface area contributed by atoms with Crippen molar-refractivity contribution in [1.82, 2.24) is 16.0 Å². The van der Waals surface area contributed by atoms with Gasteiger partial charge < -0.3 is 25.8 Å². The topological polar surface area (TPSA) is 95.0 Å². The number of nitrogens with zero attached hydrogens (tertiary/aromatic N) is 1. The minimum Gasteiger partial charge on any atom is -0.491 e. The first-order valence-electron chi connectivity index (χ1n) is 10.8. The van der Waals surface area contributed by atoms with E-state index in [-0.39, 0.29) is 42.5 Å². The molecule has 0 heterocycles. The molecule has 0 saturated carbocycles. The fourth-order valence-corrected chi connectivity index (χ4v) is 2.84. The van der Waals surface area contributed by atoms with Crippen LogP contribution in [0, 0.1) is 0 Å². The van der Waals surface area contributed by atoms with Crippen molar-refractivity contribution in [2.24, 2.45) is 4.99 Å². The van der Waals surface area contributed by atoms with Crippen LogP contribution in [-0.2, 0) is 11.3 Å². The van der Waals surface area contributed by atoms with Crippen molar-refractivity contribution < 1.29 is 14.6 Å². The normalized spacial score (nSPS) is 12.0.